The summed E-state index contributed by atoms with van der Waals surface area (Å²) in [5, 5.41) is 9.11. The van der Waals surface area contributed by atoms with Crippen molar-refractivity contribution in [2.24, 2.45) is 0 Å². The zero-order valence-electron chi connectivity index (χ0n) is 20.5. The Bertz CT molecular complexity index is 1090. The van der Waals surface area contributed by atoms with Crippen molar-refractivity contribution >= 4 is 21.9 Å². The fourth-order valence-electron chi connectivity index (χ4n) is 3.52. The van der Waals surface area contributed by atoms with E-state index in [9.17, 15) is 13.2 Å². The molecule has 184 valence electrons. The Morgan fingerprint density at radius 2 is 1.53 bits per heavy atom. The minimum Gasteiger partial charge on any atom is -0.481 e. The zero-order chi connectivity index (χ0) is 25.2. The van der Waals surface area contributed by atoms with Gasteiger partial charge in [-0.1, -0.05) is 43.7 Å². The first kappa shape index (κ1) is 27.4. The molecule has 0 unspecified atom stereocenters. The molecule has 8 heteroatoms. The molecule has 7 nitrogen and oxygen atoms in total. The minimum absolute atomic E-state index is 0.301. The van der Waals surface area contributed by atoms with Gasteiger partial charge in [-0.05, 0) is 54.8 Å². The van der Waals surface area contributed by atoms with Gasteiger partial charge in [0.1, 0.15) is 0 Å². The molecule has 2 rings (SSSR count). The van der Waals surface area contributed by atoms with Gasteiger partial charge in [0, 0.05) is 16.8 Å². The summed E-state index contributed by atoms with van der Waals surface area (Å²) < 4.78 is 30.4. The molecular formula is C26H36N3O4S+. The van der Waals surface area contributed by atoms with Crippen LogP contribution in [0.5, 0.6) is 0 Å². The molecule has 1 atom stereocenters. The van der Waals surface area contributed by atoms with E-state index < -0.39 is 22.2 Å². The van der Waals surface area contributed by atoms with Crippen LogP contribution in [0.15, 0.2) is 48.5 Å². The molecule has 0 bridgehead atoms. The molecule has 0 spiro atoms. The van der Waals surface area contributed by atoms with Crippen LogP contribution in [0.3, 0.4) is 0 Å². The lowest BCUT2D eigenvalue weighted by Crippen LogP contribution is -2.50. The highest BCUT2D eigenvalue weighted by atomic mass is 32.2. The van der Waals surface area contributed by atoms with Gasteiger partial charge >= 0.3 is 5.97 Å². The molecule has 0 saturated heterocycles. The highest BCUT2D eigenvalue weighted by Crippen LogP contribution is 2.12. The Hall–Kier alpha value is -2.86. The molecule has 0 amide bonds. The molecule has 2 aromatic rings. The van der Waals surface area contributed by atoms with Crippen molar-refractivity contribution < 1.29 is 22.8 Å². The molecule has 0 radical (unpaired) electrons. The molecule has 0 aliphatic heterocycles. The lowest BCUT2D eigenvalue weighted by atomic mass is 10.1. The van der Waals surface area contributed by atoms with Crippen LogP contribution in [-0.2, 0) is 21.4 Å². The number of benzene rings is 2. The van der Waals surface area contributed by atoms with Crippen LogP contribution in [0.1, 0.15) is 49.3 Å². The largest absolute Gasteiger partial charge is 0.481 e. The number of aryl methyl sites for hydroxylation is 1. The van der Waals surface area contributed by atoms with E-state index in [1.54, 1.807) is 24.3 Å². The fourth-order valence-corrected chi connectivity index (χ4v) is 4.62. The molecule has 2 aromatic carbocycles. The summed E-state index contributed by atoms with van der Waals surface area (Å²) in [6.07, 6.45) is 4.43. The minimum atomic E-state index is -3.94. The maximum absolute atomic E-state index is 12.5. The molecule has 3 N–H and O–H groups in total. The molecule has 0 aliphatic rings. The van der Waals surface area contributed by atoms with Gasteiger partial charge in [-0.25, -0.2) is 0 Å². The molecule has 0 aromatic heterocycles. The molecule has 0 heterocycles. The number of rotatable bonds is 12. The number of quaternary nitrogens is 1. The number of aliphatic carboxylic acids is 1. The normalized spacial score (nSPS) is 12.5. The summed E-state index contributed by atoms with van der Waals surface area (Å²) in [4.78, 5) is 11.1. The van der Waals surface area contributed by atoms with Crippen molar-refractivity contribution in [1.29, 1.82) is 0 Å². The Balaban J connectivity index is 1.99. The van der Waals surface area contributed by atoms with Crippen LogP contribution in [0.25, 0.3) is 0 Å². The number of hydrogen-bond acceptors (Lipinski definition) is 3. The van der Waals surface area contributed by atoms with E-state index in [0.717, 1.165) is 17.5 Å². The van der Waals surface area contributed by atoms with Crippen LogP contribution >= 0.6 is 0 Å². The van der Waals surface area contributed by atoms with Crippen LogP contribution in [0.4, 0.5) is 5.69 Å². The number of carboxylic acid groups (broad SMARTS) is 1. The predicted molar refractivity (Wildman–Crippen MR) is 137 cm³/mol. The van der Waals surface area contributed by atoms with Crippen LogP contribution in [0, 0.1) is 11.8 Å². The standard InChI is InChI=1S/C26H35N3O4S/c1-5-6-7-8-21-9-11-22(12-10-21)13-14-23-15-17-24(18-16-23)27-34(32,33)28-25(19-26(30)31)20-29(2,3)4/h9-12,15-18,25,27-28H,5-8,19-20H2,1-4H3/p+1/t25-/m0/s1. The van der Waals surface area contributed by atoms with E-state index in [1.807, 2.05) is 33.3 Å². The van der Waals surface area contributed by atoms with Crippen molar-refractivity contribution in [1.82, 2.24) is 4.72 Å². The molecule has 34 heavy (non-hydrogen) atoms. The number of nitrogens with one attached hydrogen (secondary N) is 2. The highest BCUT2D eigenvalue weighted by Gasteiger charge is 2.25. The lowest BCUT2D eigenvalue weighted by molar-refractivity contribution is -0.871. The Morgan fingerprint density at radius 1 is 0.971 bits per heavy atom. The van der Waals surface area contributed by atoms with E-state index in [2.05, 4.69) is 40.3 Å². The average molecular weight is 487 g/mol. The number of unbranched alkanes of at least 4 members (excludes halogenated alkanes) is 2. The van der Waals surface area contributed by atoms with E-state index in [4.69, 9.17) is 5.11 Å². The summed E-state index contributed by atoms with van der Waals surface area (Å²) in [5.74, 6) is 5.16. The third kappa shape index (κ3) is 10.8. The monoisotopic (exact) mass is 486 g/mol. The van der Waals surface area contributed by atoms with E-state index >= 15 is 0 Å². The average Bonchev–Trinajstić information content (AvgIpc) is 2.72. The quantitative estimate of drug-likeness (QED) is 0.243. The third-order valence-electron chi connectivity index (χ3n) is 5.02. The number of anilines is 1. The number of carbonyl (C=O) groups is 1. The van der Waals surface area contributed by atoms with Crippen molar-refractivity contribution in [2.75, 3.05) is 32.4 Å². The Morgan fingerprint density at radius 3 is 2.03 bits per heavy atom. The summed E-state index contributed by atoms with van der Waals surface area (Å²) in [6, 6.07) is 14.3. The highest BCUT2D eigenvalue weighted by molar-refractivity contribution is 7.90. The van der Waals surface area contributed by atoms with E-state index in [-0.39, 0.29) is 6.42 Å². The number of likely N-dealkylation sites (N-methyl/N-ethyl adjacent to an activating group) is 1. The molecule has 0 fully saturated rings. The maximum Gasteiger partial charge on any atom is 0.305 e. The third-order valence-corrected chi connectivity index (χ3v) is 6.17. The summed E-state index contributed by atoms with van der Waals surface area (Å²) in [5.41, 5.74) is 3.37. The second-order valence-corrected chi connectivity index (χ2v) is 10.9. The molecule has 0 saturated carbocycles. The van der Waals surface area contributed by atoms with Crippen molar-refractivity contribution in [2.45, 2.75) is 45.1 Å². The lowest BCUT2D eigenvalue weighted by Gasteiger charge is -2.29. The smallest absolute Gasteiger partial charge is 0.305 e. The Kier molecular flexibility index (Phi) is 10.1. The Labute approximate surface area is 204 Å². The number of carboxylic acids is 1. The van der Waals surface area contributed by atoms with Crippen LogP contribution in [-0.4, -0.2) is 57.7 Å². The van der Waals surface area contributed by atoms with Gasteiger partial charge in [0.25, 0.3) is 10.2 Å². The molecule has 0 aliphatic carbocycles. The van der Waals surface area contributed by atoms with E-state index in [1.165, 1.54) is 24.8 Å². The first-order valence-electron chi connectivity index (χ1n) is 11.5. The van der Waals surface area contributed by atoms with Crippen LogP contribution in [0.2, 0.25) is 0 Å². The van der Waals surface area contributed by atoms with Crippen molar-refractivity contribution in [3.05, 3.63) is 65.2 Å². The maximum atomic E-state index is 12.5. The summed E-state index contributed by atoms with van der Waals surface area (Å²) in [6.45, 7) is 2.53. The topological polar surface area (TPSA) is 95.5 Å². The first-order chi connectivity index (χ1) is 16.0. The number of nitrogens with zero attached hydrogens (tertiary/aromatic N) is 1. The van der Waals surface area contributed by atoms with Gasteiger partial charge in [-0.2, -0.15) is 13.1 Å². The van der Waals surface area contributed by atoms with Crippen LogP contribution < -0.4 is 9.44 Å². The molecular weight excluding hydrogens is 450 g/mol. The van der Waals surface area contributed by atoms with Crippen molar-refractivity contribution in [3.63, 3.8) is 0 Å². The van der Waals surface area contributed by atoms with Gasteiger partial charge < -0.3 is 9.59 Å². The van der Waals surface area contributed by atoms with Crippen molar-refractivity contribution in [3.8, 4) is 11.8 Å². The van der Waals surface area contributed by atoms with Gasteiger partial charge in [0.2, 0.25) is 0 Å². The van der Waals surface area contributed by atoms with Gasteiger partial charge in [-0.3, -0.25) is 9.52 Å². The predicted octanol–water partition coefficient (Wildman–Crippen LogP) is 3.61. The number of hydrogen-bond donors (Lipinski definition) is 3. The van der Waals surface area contributed by atoms with Gasteiger partial charge in [0.05, 0.1) is 40.2 Å². The summed E-state index contributed by atoms with van der Waals surface area (Å²) in [7, 11) is 1.68. The SMILES string of the molecule is CCCCCc1ccc(C#Cc2ccc(NS(=O)(=O)N[C@@H](CC(=O)O)C[N+](C)(C)C)cc2)cc1. The van der Waals surface area contributed by atoms with Gasteiger partial charge in [-0.15, -0.1) is 0 Å². The second-order valence-electron chi connectivity index (χ2n) is 9.47. The zero-order valence-corrected chi connectivity index (χ0v) is 21.3. The second kappa shape index (κ2) is 12.6. The first-order valence-corrected chi connectivity index (χ1v) is 13.0. The van der Waals surface area contributed by atoms with E-state index in [0.29, 0.717) is 16.7 Å². The summed E-state index contributed by atoms with van der Waals surface area (Å²) >= 11 is 0. The fraction of sp³-hybridized carbons (Fsp3) is 0.423. The van der Waals surface area contributed by atoms with Gasteiger partial charge in [0.15, 0.2) is 0 Å².